The molecule has 1 saturated heterocycles. The number of ether oxygens (including phenoxy) is 5. The van der Waals surface area contributed by atoms with Crippen molar-refractivity contribution in [1.29, 1.82) is 0 Å². The molecule has 1 heterocycles. The molecule has 0 spiro atoms. The minimum absolute atomic E-state index is 0.0866. The fourth-order valence-corrected chi connectivity index (χ4v) is 26.7. The molecule has 4 rings (SSSR count). The zero-order chi connectivity index (χ0) is 40.4. The quantitative estimate of drug-likeness (QED) is 0.0660. The zero-order valence-corrected chi connectivity index (χ0v) is 40.1. The molecule has 0 bridgehead atoms. The van der Waals surface area contributed by atoms with Crippen molar-refractivity contribution in [2.45, 2.75) is 166 Å². The maximum absolute atomic E-state index is 7.38. The third-order valence-corrected chi connectivity index (χ3v) is 33.6. The van der Waals surface area contributed by atoms with Gasteiger partial charge in [-0.25, -0.2) is 0 Å². The zero-order valence-electron chi connectivity index (χ0n) is 36.2. The summed E-state index contributed by atoms with van der Waals surface area (Å²) in [4.78, 5) is 0. The summed E-state index contributed by atoms with van der Waals surface area (Å²) < 4.78 is 45.9. The standard InChI is InChI=1S/C36H47O6Si.3C4H9.Sn/c1-36(2,3)43(5,6)41-24-16-23-31-32(38-25-28-17-10-7-11-18-28)33(39-26-29-19-12-8-13-20-29)34(35(37-4)42-31)40-27-30-21-14-9-15-22-30;3*1-3-4-2;/h7-24,31-35H,25-27H2,1-6H3;3*1,3-4H2,2H3;/b24-16+;;;;/t31-,32-,33+,34-,35+;;;;/m1..../s1. The summed E-state index contributed by atoms with van der Waals surface area (Å²) >= 11 is -3.19. The molecule has 56 heavy (non-hydrogen) atoms. The first kappa shape index (κ1) is 46.7. The predicted molar refractivity (Wildman–Crippen MR) is 237 cm³/mol. The minimum atomic E-state index is -3.19. The van der Waals surface area contributed by atoms with Crippen LogP contribution in [0.5, 0.6) is 0 Å². The molecule has 0 aromatic heterocycles. The molecule has 6 atom stereocenters. The van der Waals surface area contributed by atoms with Gasteiger partial charge in [0.1, 0.15) is 0 Å². The Morgan fingerprint density at radius 3 is 1.45 bits per heavy atom. The summed E-state index contributed by atoms with van der Waals surface area (Å²) in [5.74, 6) is 0. The van der Waals surface area contributed by atoms with Crippen LogP contribution in [0.25, 0.3) is 0 Å². The second kappa shape index (κ2) is 23.6. The fourth-order valence-electron chi connectivity index (χ4n) is 7.76. The van der Waals surface area contributed by atoms with Crippen molar-refractivity contribution in [2.75, 3.05) is 7.11 Å². The number of hydrogen-bond acceptors (Lipinski definition) is 6. The molecule has 0 radical (unpaired) electrons. The first-order valence-electron chi connectivity index (χ1n) is 21.5. The van der Waals surface area contributed by atoms with Crippen molar-refractivity contribution in [1.82, 2.24) is 0 Å². The van der Waals surface area contributed by atoms with Crippen molar-refractivity contribution >= 4 is 26.7 Å². The van der Waals surface area contributed by atoms with E-state index < -0.39 is 51.3 Å². The van der Waals surface area contributed by atoms with Crippen LogP contribution in [0.2, 0.25) is 35.4 Å². The molecule has 6 nitrogen and oxygen atoms in total. The average molecular weight is 894 g/mol. The van der Waals surface area contributed by atoms with Crippen LogP contribution in [-0.2, 0) is 47.9 Å². The molecule has 3 aromatic carbocycles. The maximum atomic E-state index is 7.38. The first-order chi connectivity index (χ1) is 27.0. The second-order valence-electron chi connectivity index (χ2n) is 17.4. The summed E-state index contributed by atoms with van der Waals surface area (Å²) in [7, 11) is -0.332. The van der Waals surface area contributed by atoms with Gasteiger partial charge in [-0.1, -0.05) is 0 Å². The van der Waals surface area contributed by atoms with Crippen LogP contribution in [0.1, 0.15) is 96.8 Å². The van der Waals surface area contributed by atoms with E-state index in [0.29, 0.717) is 19.8 Å². The van der Waals surface area contributed by atoms with Gasteiger partial charge in [0.25, 0.3) is 0 Å². The molecule has 0 amide bonds. The molecular formula is C48H74O6SiSn. The molecule has 1 fully saturated rings. The van der Waals surface area contributed by atoms with Crippen LogP contribution in [0.4, 0.5) is 0 Å². The van der Waals surface area contributed by atoms with Gasteiger partial charge in [-0.2, -0.15) is 0 Å². The summed E-state index contributed by atoms with van der Waals surface area (Å²) in [6.07, 6.45) is 9.46. The van der Waals surface area contributed by atoms with Crippen LogP contribution < -0.4 is 0 Å². The molecule has 0 unspecified atom stereocenters. The molecule has 1 aliphatic heterocycles. The van der Waals surface area contributed by atoms with E-state index in [0.717, 1.165) is 16.7 Å². The van der Waals surface area contributed by atoms with Crippen molar-refractivity contribution in [3.05, 3.63) is 120 Å². The Hall–Kier alpha value is -1.98. The second-order valence-corrected chi connectivity index (χ2v) is 36.1. The van der Waals surface area contributed by atoms with Gasteiger partial charge in [0, 0.05) is 0 Å². The summed E-state index contributed by atoms with van der Waals surface area (Å²) in [5, 5.41) is 0.0866. The van der Waals surface area contributed by atoms with E-state index in [2.05, 4.69) is 134 Å². The molecule has 0 N–H and O–H groups in total. The molecule has 0 aliphatic carbocycles. The van der Waals surface area contributed by atoms with Gasteiger partial charge in [0.2, 0.25) is 0 Å². The van der Waals surface area contributed by atoms with Gasteiger partial charge in [0.15, 0.2) is 0 Å². The van der Waals surface area contributed by atoms with E-state index >= 15 is 0 Å². The third-order valence-electron chi connectivity index (χ3n) is 12.2. The molecule has 310 valence electrons. The number of hydrogen-bond donors (Lipinski definition) is 0. The third kappa shape index (κ3) is 13.5. The predicted octanol–water partition coefficient (Wildman–Crippen LogP) is 12.9. The Morgan fingerprint density at radius 1 is 0.643 bits per heavy atom. The average Bonchev–Trinajstić information content (AvgIpc) is 3.20. The number of methoxy groups -OCH3 is 1. The van der Waals surface area contributed by atoms with E-state index in [-0.39, 0.29) is 15.1 Å². The van der Waals surface area contributed by atoms with Crippen molar-refractivity contribution < 1.29 is 28.1 Å². The molecule has 8 heteroatoms. The Balaban J connectivity index is 1.90. The van der Waals surface area contributed by atoms with E-state index in [1.54, 1.807) is 7.11 Å². The van der Waals surface area contributed by atoms with Crippen LogP contribution in [-0.4, -0.2) is 64.5 Å². The van der Waals surface area contributed by atoms with Gasteiger partial charge in [-0.3, -0.25) is 0 Å². The van der Waals surface area contributed by atoms with Crippen LogP contribution >= 0.6 is 0 Å². The molecule has 1 aliphatic rings. The van der Waals surface area contributed by atoms with Gasteiger partial charge >= 0.3 is 348 Å². The van der Waals surface area contributed by atoms with Crippen molar-refractivity contribution in [2.24, 2.45) is 0 Å². The Bertz CT molecular complexity index is 1490. The van der Waals surface area contributed by atoms with Crippen molar-refractivity contribution in [3.8, 4) is 0 Å². The summed E-state index contributed by atoms with van der Waals surface area (Å²) in [6.45, 7) is 19.9. The fraction of sp³-hybridized carbons (Fsp3) is 0.583. The van der Waals surface area contributed by atoms with Crippen LogP contribution in [0.15, 0.2) is 103 Å². The molecule has 0 saturated carbocycles. The SMILES string of the molecule is CCC[CH2][Sn]([CH2]CCC)([CH2]CCC)[C@@H](/C=C/O[Si](C)(C)C(C)(C)C)[C@H]1O[C@H](OC)[C@H](OCc2ccccc2)[C@@H](OCc2ccccc2)[C@@H]1OCc1ccccc1. The Labute approximate surface area is 346 Å². The molecular weight excluding hydrogens is 819 g/mol. The first-order valence-corrected chi connectivity index (χ1v) is 32.1. The Kier molecular flexibility index (Phi) is 19.7. The van der Waals surface area contributed by atoms with Gasteiger partial charge in [0.05, 0.1) is 0 Å². The number of unbranched alkanes of at least 4 members (excludes halogenated alkanes) is 3. The van der Waals surface area contributed by atoms with E-state index in [1.165, 1.54) is 51.8 Å². The van der Waals surface area contributed by atoms with Crippen molar-refractivity contribution in [3.63, 3.8) is 0 Å². The summed E-state index contributed by atoms with van der Waals surface area (Å²) in [5.41, 5.74) is 3.31. The van der Waals surface area contributed by atoms with Crippen LogP contribution in [0.3, 0.4) is 0 Å². The number of benzene rings is 3. The van der Waals surface area contributed by atoms with Gasteiger partial charge in [-0.15, -0.1) is 0 Å². The van der Waals surface area contributed by atoms with Crippen LogP contribution in [0, 0.1) is 0 Å². The normalized spacial score (nSPS) is 21.3. The topological polar surface area (TPSA) is 55.4 Å². The van der Waals surface area contributed by atoms with E-state index in [1.807, 2.05) is 24.3 Å². The monoisotopic (exact) mass is 894 g/mol. The molecule has 3 aromatic rings. The van der Waals surface area contributed by atoms with Gasteiger partial charge < -0.3 is 0 Å². The Morgan fingerprint density at radius 2 is 1.05 bits per heavy atom. The summed E-state index contributed by atoms with van der Waals surface area (Å²) in [6, 6.07) is 31.2. The number of rotatable bonds is 24. The van der Waals surface area contributed by atoms with Gasteiger partial charge in [-0.05, 0) is 0 Å². The van der Waals surface area contributed by atoms with E-state index in [9.17, 15) is 0 Å². The van der Waals surface area contributed by atoms with E-state index in [4.69, 9.17) is 28.1 Å².